The standard InChI is InChI=1S/C20H26N4O2/c1-23-11-6-10-18(19(23)25)22-20(26)21-13-17-9-5-12-24(15-17)14-16-7-3-2-4-8-16/h2-4,6-8,10-11,17H,5,9,12-15H2,1H3,(H2,21,22,26). The number of hydrogen-bond donors (Lipinski definition) is 2. The van der Waals surface area contributed by atoms with Gasteiger partial charge in [0, 0.05) is 32.9 Å². The van der Waals surface area contributed by atoms with Crippen LogP contribution in [0.3, 0.4) is 0 Å². The second kappa shape index (κ2) is 8.67. The number of hydrogen-bond acceptors (Lipinski definition) is 3. The molecule has 0 spiro atoms. The minimum absolute atomic E-state index is 0.214. The maximum Gasteiger partial charge on any atom is 0.319 e. The van der Waals surface area contributed by atoms with Gasteiger partial charge in [-0.05, 0) is 43.0 Å². The molecule has 1 aromatic heterocycles. The Labute approximate surface area is 153 Å². The van der Waals surface area contributed by atoms with E-state index < -0.39 is 0 Å². The highest BCUT2D eigenvalue weighted by Gasteiger charge is 2.20. The molecule has 1 aliphatic rings. The van der Waals surface area contributed by atoms with Crippen LogP contribution in [0, 0.1) is 5.92 Å². The fraction of sp³-hybridized carbons (Fsp3) is 0.400. The molecule has 6 heteroatoms. The lowest BCUT2D eigenvalue weighted by Gasteiger charge is -2.32. The summed E-state index contributed by atoms with van der Waals surface area (Å²) in [5.74, 6) is 0.428. The molecule has 3 rings (SSSR count). The van der Waals surface area contributed by atoms with Gasteiger partial charge in [-0.1, -0.05) is 30.3 Å². The predicted molar refractivity (Wildman–Crippen MR) is 103 cm³/mol. The van der Waals surface area contributed by atoms with Crippen molar-refractivity contribution in [2.75, 3.05) is 25.0 Å². The Morgan fingerprint density at radius 1 is 1.19 bits per heavy atom. The molecule has 0 radical (unpaired) electrons. The number of aromatic nitrogens is 1. The average molecular weight is 354 g/mol. The summed E-state index contributed by atoms with van der Waals surface area (Å²) in [5.41, 5.74) is 1.40. The van der Waals surface area contributed by atoms with E-state index in [0.717, 1.165) is 32.5 Å². The van der Waals surface area contributed by atoms with Crippen LogP contribution in [0.25, 0.3) is 0 Å². The van der Waals surface area contributed by atoms with Crippen molar-refractivity contribution in [3.63, 3.8) is 0 Å². The minimum Gasteiger partial charge on any atom is -0.338 e. The van der Waals surface area contributed by atoms with Crippen LogP contribution >= 0.6 is 0 Å². The van der Waals surface area contributed by atoms with Crippen molar-refractivity contribution < 1.29 is 4.79 Å². The Kier molecular flexibility index (Phi) is 6.07. The van der Waals surface area contributed by atoms with E-state index in [4.69, 9.17) is 0 Å². The van der Waals surface area contributed by atoms with Gasteiger partial charge >= 0.3 is 6.03 Å². The fourth-order valence-electron chi connectivity index (χ4n) is 3.40. The summed E-state index contributed by atoms with van der Waals surface area (Å²) in [6, 6.07) is 13.5. The van der Waals surface area contributed by atoms with Gasteiger partial charge in [-0.3, -0.25) is 9.69 Å². The lowest BCUT2D eigenvalue weighted by atomic mass is 9.97. The van der Waals surface area contributed by atoms with Gasteiger partial charge in [-0.2, -0.15) is 0 Å². The van der Waals surface area contributed by atoms with Crippen molar-refractivity contribution in [3.05, 3.63) is 64.6 Å². The van der Waals surface area contributed by atoms with Crippen molar-refractivity contribution in [1.29, 1.82) is 0 Å². The lowest BCUT2D eigenvalue weighted by molar-refractivity contribution is 0.166. The molecule has 0 aliphatic carbocycles. The molecule has 6 nitrogen and oxygen atoms in total. The smallest absolute Gasteiger partial charge is 0.319 e. The first-order valence-electron chi connectivity index (χ1n) is 9.08. The largest absolute Gasteiger partial charge is 0.338 e. The van der Waals surface area contributed by atoms with Crippen molar-refractivity contribution in [1.82, 2.24) is 14.8 Å². The Hall–Kier alpha value is -2.60. The number of anilines is 1. The molecule has 0 bridgehead atoms. The van der Waals surface area contributed by atoms with Crippen molar-refractivity contribution in [2.45, 2.75) is 19.4 Å². The maximum atomic E-state index is 12.1. The first-order valence-corrected chi connectivity index (χ1v) is 9.08. The molecular formula is C20H26N4O2. The van der Waals surface area contributed by atoms with Crippen molar-refractivity contribution >= 4 is 11.7 Å². The van der Waals surface area contributed by atoms with E-state index in [2.05, 4.69) is 39.8 Å². The van der Waals surface area contributed by atoms with Crippen LogP contribution in [0.4, 0.5) is 10.5 Å². The molecule has 0 saturated carbocycles. The van der Waals surface area contributed by atoms with Crippen LogP contribution in [-0.4, -0.2) is 35.1 Å². The molecule has 1 fully saturated rings. The minimum atomic E-state index is -0.325. The molecule has 2 amide bonds. The summed E-state index contributed by atoms with van der Waals surface area (Å²) < 4.78 is 1.44. The number of rotatable bonds is 5. The van der Waals surface area contributed by atoms with E-state index in [9.17, 15) is 9.59 Å². The Morgan fingerprint density at radius 2 is 2.00 bits per heavy atom. The number of likely N-dealkylation sites (tertiary alicyclic amines) is 1. The topological polar surface area (TPSA) is 66.4 Å². The third-order valence-electron chi connectivity index (χ3n) is 4.77. The number of pyridine rings is 1. The van der Waals surface area contributed by atoms with Gasteiger partial charge in [-0.25, -0.2) is 4.79 Å². The summed E-state index contributed by atoms with van der Waals surface area (Å²) in [7, 11) is 1.66. The molecule has 2 heterocycles. The van der Waals surface area contributed by atoms with Crippen LogP contribution in [0.5, 0.6) is 0 Å². The zero-order valence-electron chi connectivity index (χ0n) is 15.1. The lowest BCUT2D eigenvalue weighted by Crippen LogP contribution is -2.42. The molecule has 138 valence electrons. The van der Waals surface area contributed by atoms with E-state index in [1.807, 2.05) is 6.07 Å². The Balaban J connectivity index is 1.47. The highest BCUT2D eigenvalue weighted by Crippen LogP contribution is 2.18. The molecule has 1 saturated heterocycles. The van der Waals surface area contributed by atoms with Crippen LogP contribution in [0.2, 0.25) is 0 Å². The number of nitrogens with one attached hydrogen (secondary N) is 2. The van der Waals surface area contributed by atoms with E-state index in [-0.39, 0.29) is 11.6 Å². The number of carbonyl (C=O) groups excluding carboxylic acids is 1. The zero-order chi connectivity index (χ0) is 18.4. The quantitative estimate of drug-likeness (QED) is 0.867. The number of nitrogens with zero attached hydrogens (tertiary/aromatic N) is 2. The normalized spacial score (nSPS) is 17.7. The second-order valence-electron chi connectivity index (χ2n) is 6.90. The SMILES string of the molecule is Cn1cccc(NC(=O)NCC2CCCN(Cc3ccccc3)C2)c1=O. The summed E-state index contributed by atoms with van der Waals surface area (Å²) in [6.07, 6.45) is 3.91. The van der Waals surface area contributed by atoms with Gasteiger partial charge in [0.2, 0.25) is 0 Å². The molecule has 26 heavy (non-hydrogen) atoms. The summed E-state index contributed by atoms with van der Waals surface area (Å²) in [5, 5.41) is 5.55. The average Bonchev–Trinajstić information content (AvgIpc) is 2.65. The highest BCUT2D eigenvalue weighted by atomic mass is 16.2. The molecule has 1 atom stereocenters. The molecular weight excluding hydrogens is 328 g/mol. The van der Waals surface area contributed by atoms with Crippen molar-refractivity contribution in [2.24, 2.45) is 13.0 Å². The van der Waals surface area contributed by atoms with Gasteiger partial charge in [0.05, 0.1) is 0 Å². The number of piperidine rings is 1. The van der Waals surface area contributed by atoms with Gasteiger partial charge in [0.25, 0.3) is 5.56 Å². The third kappa shape index (κ3) is 4.95. The number of urea groups is 1. The Morgan fingerprint density at radius 3 is 2.81 bits per heavy atom. The number of benzene rings is 1. The van der Waals surface area contributed by atoms with E-state index in [1.54, 1.807) is 25.4 Å². The van der Waals surface area contributed by atoms with Crippen LogP contribution in [-0.2, 0) is 13.6 Å². The van der Waals surface area contributed by atoms with E-state index >= 15 is 0 Å². The summed E-state index contributed by atoms with van der Waals surface area (Å²) >= 11 is 0. The monoisotopic (exact) mass is 354 g/mol. The number of amides is 2. The molecule has 1 aliphatic heterocycles. The predicted octanol–water partition coefficient (Wildman–Crippen LogP) is 2.42. The van der Waals surface area contributed by atoms with E-state index in [0.29, 0.717) is 18.2 Å². The van der Waals surface area contributed by atoms with Gasteiger partial charge in [0.15, 0.2) is 0 Å². The first kappa shape index (κ1) is 18.2. The van der Waals surface area contributed by atoms with Gasteiger partial charge in [-0.15, -0.1) is 0 Å². The molecule has 2 N–H and O–H groups in total. The number of carbonyl (C=O) groups is 1. The summed E-state index contributed by atoms with van der Waals surface area (Å²) in [4.78, 5) is 26.5. The number of aryl methyl sites for hydroxylation is 1. The highest BCUT2D eigenvalue weighted by molar-refractivity contribution is 5.88. The first-order chi connectivity index (χ1) is 12.6. The Bertz CT molecular complexity index is 788. The van der Waals surface area contributed by atoms with Crippen LogP contribution < -0.4 is 16.2 Å². The van der Waals surface area contributed by atoms with Crippen LogP contribution in [0.1, 0.15) is 18.4 Å². The van der Waals surface area contributed by atoms with E-state index in [1.165, 1.54) is 10.1 Å². The zero-order valence-corrected chi connectivity index (χ0v) is 15.1. The van der Waals surface area contributed by atoms with Crippen molar-refractivity contribution in [3.8, 4) is 0 Å². The molecule has 1 aromatic carbocycles. The third-order valence-corrected chi connectivity index (χ3v) is 4.77. The van der Waals surface area contributed by atoms with Crippen LogP contribution in [0.15, 0.2) is 53.5 Å². The molecule has 2 aromatic rings. The fourth-order valence-corrected chi connectivity index (χ4v) is 3.40. The summed E-state index contributed by atoms with van der Waals surface area (Å²) in [6.45, 7) is 3.63. The van der Waals surface area contributed by atoms with Gasteiger partial charge < -0.3 is 15.2 Å². The van der Waals surface area contributed by atoms with Gasteiger partial charge in [0.1, 0.15) is 5.69 Å². The second-order valence-corrected chi connectivity index (χ2v) is 6.90. The molecule has 1 unspecified atom stereocenters. The maximum absolute atomic E-state index is 12.1.